The molecule has 0 aliphatic carbocycles. The van der Waals surface area contributed by atoms with Crippen molar-refractivity contribution < 1.29 is 14.3 Å². The molecule has 0 bridgehead atoms. The van der Waals surface area contributed by atoms with Crippen LogP contribution in [-0.2, 0) is 20.7 Å². The summed E-state index contributed by atoms with van der Waals surface area (Å²) in [6.45, 7) is 5.28. The van der Waals surface area contributed by atoms with Crippen LogP contribution in [0.15, 0.2) is 29.4 Å². The lowest BCUT2D eigenvalue weighted by atomic mass is 10.1. The molecule has 1 N–H and O–H groups in total. The summed E-state index contributed by atoms with van der Waals surface area (Å²) in [7, 11) is 0. The summed E-state index contributed by atoms with van der Waals surface area (Å²) in [6, 6.07) is 7.37. The lowest BCUT2D eigenvalue weighted by molar-refractivity contribution is -0.146. The van der Waals surface area contributed by atoms with Crippen molar-refractivity contribution in [2.45, 2.75) is 32.3 Å². The Balaban J connectivity index is 1.62. The molecule has 0 aliphatic rings. The van der Waals surface area contributed by atoms with Gasteiger partial charge in [0, 0.05) is 22.6 Å². The number of hydrogen-bond acceptors (Lipinski definition) is 7. The molecule has 0 radical (unpaired) electrons. The highest BCUT2D eigenvalue weighted by atomic mass is 32.2. The van der Waals surface area contributed by atoms with E-state index in [1.165, 1.54) is 11.8 Å². The molecular weight excluding hydrogens is 378 g/mol. The highest BCUT2D eigenvalue weighted by Gasteiger charge is 2.17. The minimum atomic E-state index is -0.503. The summed E-state index contributed by atoms with van der Waals surface area (Å²) < 4.78 is 6.74. The van der Waals surface area contributed by atoms with Crippen LogP contribution in [0.1, 0.15) is 22.5 Å². The van der Waals surface area contributed by atoms with Crippen molar-refractivity contribution in [3.63, 3.8) is 0 Å². The Morgan fingerprint density at radius 3 is 2.54 bits per heavy atom. The second-order valence-electron chi connectivity index (χ2n) is 6.32. The predicted molar refractivity (Wildman–Crippen MR) is 107 cm³/mol. The van der Waals surface area contributed by atoms with E-state index in [9.17, 15) is 9.59 Å². The van der Waals surface area contributed by atoms with E-state index in [4.69, 9.17) is 4.74 Å². The number of nitrogens with one attached hydrogen (secondary N) is 1. The topological polar surface area (TPSA) is 98.5 Å². The maximum atomic E-state index is 12.2. The van der Waals surface area contributed by atoms with Crippen molar-refractivity contribution in [2.75, 3.05) is 18.2 Å². The van der Waals surface area contributed by atoms with Crippen molar-refractivity contribution in [2.24, 2.45) is 0 Å². The maximum Gasteiger partial charge on any atom is 0.310 e. The number of carbonyl (C=O) groups excluding carboxylic acids is 2. The van der Waals surface area contributed by atoms with Crippen LogP contribution in [0.3, 0.4) is 0 Å². The quantitative estimate of drug-likeness (QED) is 0.502. The standard InChI is InChI=1S/C19H21N5O3S/c1-11-5-7-14(8-6-11)21-16(25)10-27-17(26)9-15-12(2)20-18-22-19(28-4)23-24(18)13(15)3/h5-8H,9-10H2,1-4H3,(H,21,25). The van der Waals surface area contributed by atoms with Crippen LogP contribution in [0.25, 0.3) is 5.78 Å². The van der Waals surface area contributed by atoms with E-state index in [1.807, 2.05) is 39.2 Å². The minimum Gasteiger partial charge on any atom is -0.455 e. The van der Waals surface area contributed by atoms with Crippen molar-refractivity contribution in [3.05, 3.63) is 46.8 Å². The van der Waals surface area contributed by atoms with Gasteiger partial charge in [0.15, 0.2) is 6.61 Å². The maximum absolute atomic E-state index is 12.2. The van der Waals surface area contributed by atoms with Gasteiger partial charge in [-0.15, -0.1) is 5.10 Å². The Kier molecular flexibility index (Phi) is 5.93. The fourth-order valence-corrected chi connectivity index (χ4v) is 3.04. The number of carbonyl (C=O) groups is 2. The molecule has 8 nitrogen and oxygen atoms in total. The summed E-state index contributed by atoms with van der Waals surface area (Å²) in [4.78, 5) is 32.9. The van der Waals surface area contributed by atoms with Crippen LogP contribution in [0, 0.1) is 20.8 Å². The molecule has 0 atom stereocenters. The smallest absolute Gasteiger partial charge is 0.310 e. The van der Waals surface area contributed by atoms with Crippen LogP contribution in [0.4, 0.5) is 5.69 Å². The Morgan fingerprint density at radius 1 is 1.14 bits per heavy atom. The number of rotatable bonds is 6. The molecule has 1 amide bonds. The Labute approximate surface area is 166 Å². The van der Waals surface area contributed by atoms with Crippen LogP contribution >= 0.6 is 11.8 Å². The molecule has 1 aromatic carbocycles. The largest absolute Gasteiger partial charge is 0.455 e. The molecule has 0 aliphatic heterocycles. The summed E-state index contributed by atoms with van der Waals surface area (Å²) >= 11 is 1.42. The number of ether oxygens (including phenoxy) is 1. The van der Waals surface area contributed by atoms with Gasteiger partial charge in [0.05, 0.1) is 6.42 Å². The van der Waals surface area contributed by atoms with Gasteiger partial charge in [0.2, 0.25) is 5.16 Å². The molecule has 2 heterocycles. The number of thioether (sulfide) groups is 1. The first-order chi connectivity index (χ1) is 13.4. The molecule has 3 aromatic rings. The number of nitrogens with zero attached hydrogens (tertiary/aromatic N) is 4. The highest BCUT2D eigenvalue weighted by Crippen LogP contribution is 2.17. The number of hydrogen-bond donors (Lipinski definition) is 1. The molecule has 9 heteroatoms. The van der Waals surface area contributed by atoms with Gasteiger partial charge in [-0.05, 0) is 39.2 Å². The number of aryl methyl sites for hydroxylation is 3. The van der Waals surface area contributed by atoms with Crippen molar-refractivity contribution in [1.82, 2.24) is 19.6 Å². The Morgan fingerprint density at radius 2 is 1.86 bits per heavy atom. The summed E-state index contributed by atoms with van der Waals surface area (Å²) in [5, 5.41) is 7.66. The fraction of sp³-hybridized carbons (Fsp3) is 0.316. The van der Waals surface area contributed by atoms with Gasteiger partial charge in [0.1, 0.15) is 0 Å². The third-order valence-corrected chi connectivity index (χ3v) is 4.77. The lowest BCUT2D eigenvalue weighted by Crippen LogP contribution is -2.22. The molecule has 28 heavy (non-hydrogen) atoms. The van der Waals surface area contributed by atoms with Crippen LogP contribution < -0.4 is 5.32 Å². The van der Waals surface area contributed by atoms with Gasteiger partial charge in [-0.25, -0.2) is 9.50 Å². The zero-order valence-electron chi connectivity index (χ0n) is 16.1. The molecule has 146 valence electrons. The van der Waals surface area contributed by atoms with E-state index >= 15 is 0 Å². The molecule has 0 unspecified atom stereocenters. The zero-order chi connectivity index (χ0) is 20.3. The fourth-order valence-electron chi connectivity index (χ4n) is 2.71. The summed E-state index contributed by atoms with van der Waals surface area (Å²) in [6.07, 6.45) is 1.89. The van der Waals surface area contributed by atoms with Gasteiger partial charge < -0.3 is 10.1 Å². The highest BCUT2D eigenvalue weighted by molar-refractivity contribution is 7.98. The Hall–Kier alpha value is -2.94. The number of benzene rings is 1. The van der Waals surface area contributed by atoms with Crippen LogP contribution in [0.2, 0.25) is 0 Å². The number of anilines is 1. The van der Waals surface area contributed by atoms with Gasteiger partial charge in [0.25, 0.3) is 11.7 Å². The van der Waals surface area contributed by atoms with Gasteiger partial charge >= 0.3 is 5.97 Å². The number of esters is 1. The van der Waals surface area contributed by atoms with E-state index in [0.717, 1.165) is 11.3 Å². The number of amides is 1. The molecule has 3 rings (SSSR count). The first-order valence-electron chi connectivity index (χ1n) is 8.66. The van der Waals surface area contributed by atoms with Crippen LogP contribution in [0.5, 0.6) is 0 Å². The number of fused-ring (bicyclic) bond motifs is 1. The monoisotopic (exact) mass is 399 g/mol. The van der Waals surface area contributed by atoms with Crippen LogP contribution in [-0.4, -0.2) is 44.3 Å². The molecule has 0 spiro atoms. The SMILES string of the molecule is CSc1nc2nc(C)c(CC(=O)OCC(=O)Nc3ccc(C)cc3)c(C)n2n1. The molecular formula is C19H21N5O3S. The second kappa shape index (κ2) is 8.39. The predicted octanol–water partition coefficient (Wildman–Crippen LogP) is 2.50. The van der Waals surface area contributed by atoms with E-state index < -0.39 is 5.97 Å². The first kappa shape index (κ1) is 19.8. The minimum absolute atomic E-state index is 0.00682. The third kappa shape index (κ3) is 4.48. The third-order valence-electron chi connectivity index (χ3n) is 4.23. The van der Waals surface area contributed by atoms with Crippen molar-refractivity contribution >= 4 is 35.1 Å². The van der Waals surface area contributed by atoms with E-state index in [0.29, 0.717) is 27.9 Å². The van der Waals surface area contributed by atoms with Crippen molar-refractivity contribution in [1.29, 1.82) is 0 Å². The van der Waals surface area contributed by atoms with Crippen molar-refractivity contribution in [3.8, 4) is 0 Å². The average Bonchev–Trinajstić information content (AvgIpc) is 3.08. The summed E-state index contributed by atoms with van der Waals surface area (Å²) in [5.41, 5.74) is 3.93. The molecule has 0 fully saturated rings. The Bertz CT molecular complexity index is 1030. The van der Waals surface area contributed by atoms with E-state index in [2.05, 4.69) is 20.4 Å². The van der Waals surface area contributed by atoms with Gasteiger partial charge in [-0.2, -0.15) is 4.98 Å². The normalized spacial score (nSPS) is 10.9. The van der Waals surface area contributed by atoms with Gasteiger partial charge in [-0.1, -0.05) is 29.5 Å². The average molecular weight is 399 g/mol. The van der Waals surface area contributed by atoms with Gasteiger partial charge in [-0.3, -0.25) is 9.59 Å². The van der Waals surface area contributed by atoms with E-state index in [-0.39, 0.29) is 18.9 Å². The molecule has 0 saturated carbocycles. The molecule has 0 saturated heterocycles. The number of aromatic nitrogens is 4. The lowest BCUT2D eigenvalue weighted by Gasteiger charge is -2.10. The second-order valence-corrected chi connectivity index (χ2v) is 7.10. The first-order valence-corrected chi connectivity index (χ1v) is 9.89. The summed E-state index contributed by atoms with van der Waals surface area (Å²) in [5.74, 6) is -0.398. The zero-order valence-corrected chi connectivity index (χ0v) is 17.0. The molecule has 2 aromatic heterocycles. The van der Waals surface area contributed by atoms with E-state index in [1.54, 1.807) is 16.6 Å².